The molecule has 14 heavy (non-hydrogen) atoms. The minimum absolute atomic E-state index is 0.260. The van der Waals surface area contributed by atoms with E-state index in [-0.39, 0.29) is 6.54 Å². The van der Waals surface area contributed by atoms with Gasteiger partial charge in [0.25, 0.3) is 0 Å². The molecule has 0 atom stereocenters. The highest BCUT2D eigenvalue weighted by molar-refractivity contribution is 5.86. The van der Waals surface area contributed by atoms with E-state index in [9.17, 15) is 4.79 Å². The van der Waals surface area contributed by atoms with Crippen molar-refractivity contribution in [2.24, 2.45) is 5.73 Å². The molecule has 0 aliphatic heterocycles. The Kier molecular flexibility index (Phi) is 3.55. The molecule has 0 unspecified atom stereocenters. The van der Waals surface area contributed by atoms with Crippen LogP contribution in [0.3, 0.4) is 0 Å². The molecule has 1 rings (SSSR count). The lowest BCUT2D eigenvalue weighted by molar-refractivity contribution is 0.202. The van der Waals surface area contributed by atoms with Crippen molar-refractivity contribution in [3.8, 4) is 0 Å². The molecule has 4 nitrogen and oxygen atoms in total. The number of amides is 1. The van der Waals surface area contributed by atoms with Crippen molar-refractivity contribution < 1.29 is 9.90 Å². The topological polar surface area (TPSA) is 66.6 Å². The van der Waals surface area contributed by atoms with E-state index < -0.39 is 6.09 Å². The molecule has 0 fully saturated rings. The summed E-state index contributed by atoms with van der Waals surface area (Å²) < 4.78 is 0. The summed E-state index contributed by atoms with van der Waals surface area (Å²) in [7, 11) is 0. The third-order valence-electron chi connectivity index (χ3n) is 1.72. The van der Waals surface area contributed by atoms with Crippen LogP contribution in [0, 0.1) is 0 Å². The van der Waals surface area contributed by atoms with Crippen LogP contribution >= 0.6 is 0 Å². The van der Waals surface area contributed by atoms with Gasteiger partial charge in [-0.3, -0.25) is 4.90 Å². The van der Waals surface area contributed by atoms with Gasteiger partial charge in [-0.2, -0.15) is 0 Å². The molecular formula is C10H12N2O2. The third kappa shape index (κ3) is 2.52. The number of anilines is 1. The summed E-state index contributed by atoms with van der Waals surface area (Å²) >= 11 is 0. The van der Waals surface area contributed by atoms with E-state index in [2.05, 4.69) is 0 Å². The van der Waals surface area contributed by atoms with Crippen LogP contribution in [0.4, 0.5) is 10.5 Å². The maximum atomic E-state index is 10.9. The standard InChI is InChI=1S/C10H12N2O2/c11-7-4-8-12(10(13)14)9-5-2-1-3-6-9/h1-7H,8,11H2,(H,13,14). The number of hydrogen-bond acceptors (Lipinski definition) is 2. The SMILES string of the molecule is NC=CCN(C(=O)O)c1ccccc1. The lowest BCUT2D eigenvalue weighted by Gasteiger charge is -2.16. The zero-order valence-corrected chi connectivity index (χ0v) is 7.63. The van der Waals surface area contributed by atoms with Gasteiger partial charge in [-0.05, 0) is 24.4 Å². The van der Waals surface area contributed by atoms with E-state index in [1.54, 1.807) is 30.3 Å². The fourth-order valence-corrected chi connectivity index (χ4v) is 1.07. The molecule has 1 aromatic carbocycles. The average molecular weight is 192 g/mol. The highest BCUT2D eigenvalue weighted by Crippen LogP contribution is 2.12. The van der Waals surface area contributed by atoms with Crippen LogP contribution in [0.1, 0.15) is 0 Å². The van der Waals surface area contributed by atoms with Crippen LogP contribution in [0.15, 0.2) is 42.6 Å². The van der Waals surface area contributed by atoms with Crippen molar-refractivity contribution in [3.05, 3.63) is 42.6 Å². The smallest absolute Gasteiger partial charge is 0.412 e. The molecule has 0 saturated carbocycles. The summed E-state index contributed by atoms with van der Waals surface area (Å²) in [5.41, 5.74) is 5.79. The highest BCUT2D eigenvalue weighted by atomic mass is 16.4. The highest BCUT2D eigenvalue weighted by Gasteiger charge is 2.11. The first-order chi connectivity index (χ1) is 6.75. The van der Waals surface area contributed by atoms with Gasteiger partial charge in [-0.1, -0.05) is 18.2 Å². The first-order valence-electron chi connectivity index (χ1n) is 4.18. The van der Waals surface area contributed by atoms with E-state index >= 15 is 0 Å². The van der Waals surface area contributed by atoms with Crippen LogP contribution in [-0.2, 0) is 0 Å². The van der Waals surface area contributed by atoms with Gasteiger partial charge >= 0.3 is 6.09 Å². The molecule has 1 aromatic rings. The monoisotopic (exact) mass is 192 g/mol. The first-order valence-corrected chi connectivity index (χ1v) is 4.18. The Morgan fingerprint density at radius 2 is 2.07 bits per heavy atom. The fraction of sp³-hybridized carbons (Fsp3) is 0.100. The van der Waals surface area contributed by atoms with Gasteiger partial charge in [0.2, 0.25) is 0 Å². The number of benzene rings is 1. The molecule has 0 aromatic heterocycles. The van der Waals surface area contributed by atoms with Gasteiger partial charge in [-0.25, -0.2) is 4.79 Å². The lowest BCUT2D eigenvalue weighted by Crippen LogP contribution is -2.29. The van der Waals surface area contributed by atoms with Gasteiger partial charge in [0, 0.05) is 12.2 Å². The molecule has 0 saturated heterocycles. The van der Waals surface area contributed by atoms with Crippen LogP contribution in [-0.4, -0.2) is 17.7 Å². The quantitative estimate of drug-likeness (QED) is 0.765. The zero-order chi connectivity index (χ0) is 10.4. The van der Waals surface area contributed by atoms with Crippen LogP contribution in [0.2, 0.25) is 0 Å². The Morgan fingerprint density at radius 3 is 2.57 bits per heavy atom. The number of rotatable bonds is 3. The van der Waals surface area contributed by atoms with Crippen LogP contribution in [0.5, 0.6) is 0 Å². The summed E-state index contributed by atoms with van der Waals surface area (Å²) in [4.78, 5) is 12.1. The van der Waals surface area contributed by atoms with E-state index in [4.69, 9.17) is 10.8 Å². The van der Waals surface area contributed by atoms with Crippen molar-refractivity contribution in [1.82, 2.24) is 0 Å². The molecule has 4 heteroatoms. The molecule has 0 bridgehead atoms. The summed E-state index contributed by atoms with van der Waals surface area (Å²) in [6, 6.07) is 8.88. The predicted octanol–water partition coefficient (Wildman–Crippen LogP) is 1.64. The Bertz CT molecular complexity index is 322. The van der Waals surface area contributed by atoms with Gasteiger partial charge in [0.1, 0.15) is 0 Å². The van der Waals surface area contributed by atoms with Gasteiger partial charge in [0.05, 0.1) is 0 Å². The molecular weight excluding hydrogens is 180 g/mol. The Labute approximate surface area is 82.3 Å². The van der Waals surface area contributed by atoms with Crippen LogP contribution < -0.4 is 10.6 Å². The first kappa shape index (κ1) is 10.1. The van der Waals surface area contributed by atoms with Crippen LogP contribution in [0.25, 0.3) is 0 Å². The number of carboxylic acid groups (broad SMARTS) is 1. The Hall–Kier alpha value is -1.97. The summed E-state index contributed by atoms with van der Waals surface area (Å²) in [5.74, 6) is 0. The number of para-hydroxylation sites is 1. The molecule has 0 spiro atoms. The van der Waals surface area contributed by atoms with E-state index in [1.807, 2.05) is 6.07 Å². The second-order valence-corrected chi connectivity index (χ2v) is 2.66. The van der Waals surface area contributed by atoms with Crippen molar-refractivity contribution in [1.29, 1.82) is 0 Å². The van der Waals surface area contributed by atoms with Gasteiger partial charge in [-0.15, -0.1) is 0 Å². The Balaban J connectivity index is 2.83. The second-order valence-electron chi connectivity index (χ2n) is 2.66. The van der Waals surface area contributed by atoms with Crippen molar-refractivity contribution in [3.63, 3.8) is 0 Å². The molecule has 1 amide bonds. The molecule has 0 heterocycles. The zero-order valence-electron chi connectivity index (χ0n) is 7.63. The largest absolute Gasteiger partial charge is 0.465 e. The summed E-state index contributed by atoms with van der Waals surface area (Å²) in [5, 5.41) is 8.90. The summed E-state index contributed by atoms with van der Waals surface area (Å²) in [6.07, 6.45) is 1.93. The minimum atomic E-state index is -0.991. The molecule has 74 valence electrons. The Morgan fingerprint density at radius 1 is 1.43 bits per heavy atom. The van der Waals surface area contributed by atoms with Crippen molar-refractivity contribution in [2.45, 2.75) is 0 Å². The number of hydrogen-bond donors (Lipinski definition) is 2. The second kappa shape index (κ2) is 4.91. The lowest BCUT2D eigenvalue weighted by atomic mass is 10.3. The van der Waals surface area contributed by atoms with Crippen molar-refractivity contribution in [2.75, 3.05) is 11.4 Å². The molecule has 0 radical (unpaired) electrons. The number of carbonyl (C=O) groups is 1. The number of nitrogens with zero attached hydrogens (tertiary/aromatic N) is 1. The molecule has 0 aliphatic rings. The predicted molar refractivity (Wildman–Crippen MR) is 55.1 cm³/mol. The molecule has 3 N–H and O–H groups in total. The van der Waals surface area contributed by atoms with Gasteiger partial charge in [0.15, 0.2) is 0 Å². The minimum Gasteiger partial charge on any atom is -0.465 e. The van der Waals surface area contributed by atoms with Gasteiger partial charge < -0.3 is 10.8 Å². The normalized spacial score (nSPS) is 10.3. The van der Waals surface area contributed by atoms with E-state index in [0.29, 0.717) is 5.69 Å². The molecule has 0 aliphatic carbocycles. The summed E-state index contributed by atoms with van der Waals surface area (Å²) in [6.45, 7) is 0.260. The van der Waals surface area contributed by atoms with E-state index in [1.165, 1.54) is 11.1 Å². The third-order valence-corrected chi connectivity index (χ3v) is 1.72. The van der Waals surface area contributed by atoms with E-state index in [0.717, 1.165) is 0 Å². The maximum Gasteiger partial charge on any atom is 0.412 e. The fourth-order valence-electron chi connectivity index (χ4n) is 1.07. The maximum absolute atomic E-state index is 10.9. The van der Waals surface area contributed by atoms with Crippen molar-refractivity contribution >= 4 is 11.8 Å². The number of nitrogens with two attached hydrogens (primary N) is 1. The average Bonchev–Trinajstić information content (AvgIpc) is 2.19.